The summed E-state index contributed by atoms with van der Waals surface area (Å²) in [6.45, 7) is 5.38. The lowest BCUT2D eigenvalue weighted by Gasteiger charge is -2.39. The van der Waals surface area contributed by atoms with Crippen molar-refractivity contribution in [2.24, 2.45) is 12.8 Å². The zero-order valence-electron chi connectivity index (χ0n) is 27.4. The highest BCUT2D eigenvalue weighted by Crippen LogP contribution is 2.31. The zero-order chi connectivity index (χ0) is 34.5. The molecule has 0 saturated carbocycles. The molecule has 254 valence electrons. The second-order valence-corrected chi connectivity index (χ2v) is 13.5. The number of unbranched alkanes of at least 4 members (excludes halogenated alkanes) is 2. The van der Waals surface area contributed by atoms with Crippen LogP contribution in [0.15, 0.2) is 41.2 Å². The lowest BCUT2D eigenvalue weighted by Crippen LogP contribution is -2.53. The lowest BCUT2D eigenvalue weighted by atomic mass is 10.0. The van der Waals surface area contributed by atoms with Gasteiger partial charge in [-0.05, 0) is 88.6 Å². The fourth-order valence-corrected chi connectivity index (χ4v) is 6.52. The van der Waals surface area contributed by atoms with Crippen molar-refractivity contribution in [3.63, 3.8) is 0 Å². The van der Waals surface area contributed by atoms with Gasteiger partial charge in [-0.25, -0.2) is 9.59 Å². The maximum atomic E-state index is 13.0. The maximum absolute atomic E-state index is 13.0. The number of imidazole rings is 1. The monoisotopic (exact) mass is 669 g/mol. The van der Waals surface area contributed by atoms with Gasteiger partial charge in [-0.15, -0.1) is 0 Å². The number of benzene rings is 2. The number of nitrogens with one attached hydrogen (secondary N) is 1. The highest BCUT2D eigenvalue weighted by atomic mass is 35.5. The third kappa shape index (κ3) is 8.54. The zero-order valence-corrected chi connectivity index (χ0v) is 28.1. The molecule has 3 aromatic rings. The molecule has 1 unspecified atom stereocenters. The Labute approximate surface area is 278 Å². The van der Waals surface area contributed by atoms with Crippen molar-refractivity contribution in [3.05, 3.63) is 63.0 Å². The van der Waals surface area contributed by atoms with Gasteiger partial charge in [-0.2, -0.15) is 0 Å². The van der Waals surface area contributed by atoms with Gasteiger partial charge in [-0.1, -0.05) is 36.2 Å². The van der Waals surface area contributed by atoms with Crippen molar-refractivity contribution in [2.45, 2.75) is 96.2 Å². The van der Waals surface area contributed by atoms with Crippen LogP contribution in [0.1, 0.15) is 82.9 Å². The number of carbonyl (C=O) groups is 4. The molecule has 47 heavy (non-hydrogen) atoms. The molecule has 4 N–H and O–H groups in total. The molecule has 0 radical (unpaired) electrons. The first kappa shape index (κ1) is 35.5. The SMILES string of the molecule is Cn1c(=O)n(C2CCC(=O)NC2=O)c2ccc(CCCCCc3cccc(OC[C@H](CCC(N)=O)N(C(=O)O)C(C)(C)C)c3Cl)cc21. The van der Waals surface area contributed by atoms with Crippen LogP contribution in [0.3, 0.4) is 0 Å². The van der Waals surface area contributed by atoms with Crippen LogP contribution < -0.4 is 21.5 Å². The lowest BCUT2D eigenvalue weighted by molar-refractivity contribution is -0.135. The van der Waals surface area contributed by atoms with E-state index >= 15 is 0 Å². The smallest absolute Gasteiger partial charge is 0.408 e. The summed E-state index contributed by atoms with van der Waals surface area (Å²) in [6, 6.07) is 10.1. The minimum atomic E-state index is -1.11. The predicted octanol–water partition coefficient (Wildman–Crippen LogP) is 4.72. The number of rotatable bonds is 14. The first-order valence-corrected chi connectivity index (χ1v) is 16.3. The number of fused-ring (bicyclic) bond motifs is 1. The van der Waals surface area contributed by atoms with Crippen LogP contribution in [0.5, 0.6) is 5.75 Å². The number of ether oxygens (including phenoxy) is 1. The Balaban J connectivity index is 1.34. The fraction of sp³-hybridized carbons (Fsp3) is 0.500. The van der Waals surface area contributed by atoms with Gasteiger partial charge in [0.25, 0.3) is 0 Å². The van der Waals surface area contributed by atoms with E-state index in [1.807, 2.05) is 30.3 Å². The number of nitrogens with zero attached hydrogens (tertiary/aromatic N) is 3. The first-order valence-electron chi connectivity index (χ1n) is 15.9. The predicted molar refractivity (Wildman–Crippen MR) is 179 cm³/mol. The van der Waals surface area contributed by atoms with E-state index in [4.69, 9.17) is 22.1 Å². The standard InChI is InChI=1S/C34H44ClN5O7/c1-34(2,3)40(33(45)46)23(14-17-28(36)41)20-47-27-12-8-11-22(30(27)35)10-7-5-6-9-21-13-15-24-26(19-21)38(4)32(44)39(24)25-16-18-29(42)37-31(25)43/h8,11-13,15,19,23,25H,5-7,9-10,14,16-18,20H2,1-4H3,(H2,36,41)(H,45,46)(H,37,42,43)/t23-,25?/m0/s1. The van der Waals surface area contributed by atoms with E-state index in [2.05, 4.69) is 5.32 Å². The maximum Gasteiger partial charge on any atom is 0.408 e. The van der Waals surface area contributed by atoms with E-state index in [1.165, 1.54) is 9.47 Å². The minimum absolute atomic E-state index is 0.0207. The summed E-state index contributed by atoms with van der Waals surface area (Å²) in [5.74, 6) is -0.829. The molecule has 13 heteroatoms. The van der Waals surface area contributed by atoms with E-state index in [0.717, 1.165) is 48.7 Å². The molecule has 1 fully saturated rings. The number of aromatic nitrogens is 2. The highest BCUT2D eigenvalue weighted by molar-refractivity contribution is 6.32. The molecule has 12 nitrogen and oxygen atoms in total. The van der Waals surface area contributed by atoms with E-state index in [1.54, 1.807) is 38.5 Å². The van der Waals surface area contributed by atoms with Gasteiger partial charge < -0.3 is 15.6 Å². The van der Waals surface area contributed by atoms with Crippen molar-refractivity contribution in [1.82, 2.24) is 19.4 Å². The van der Waals surface area contributed by atoms with Gasteiger partial charge in [0.2, 0.25) is 17.7 Å². The number of piperidine rings is 1. The molecule has 1 aliphatic heterocycles. The summed E-state index contributed by atoms with van der Waals surface area (Å²) in [4.78, 5) is 61.9. The molecule has 2 atom stereocenters. The number of primary amides is 1. The van der Waals surface area contributed by atoms with Crippen molar-refractivity contribution in [2.75, 3.05) is 6.61 Å². The van der Waals surface area contributed by atoms with E-state index in [0.29, 0.717) is 22.7 Å². The normalized spacial score (nSPS) is 15.8. The van der Waals surface area contributed by atoms with Gasteiger partial charge in [0.05, 0.1) is 22.1 Å². The highest BCUT2D eigenvalue weighted by Gasteiger charge is 2.34. The van der Waals surface area contributed by atoms with Crippen molar-refractivity contribution in [1.29, 1.82) is 0 Å². The molecule has 2 heterocycles. The summed E-state index contributed by atoms with van der Waals surface area (Å²) in [5.41, 5.74) is 7.76. The van der Waals surface area contributed by atoms with Crippen LogP contribution in [0.25, 0.3) is 11.0 Å². The van der Waals surface area contributed by atoms with Gasteiger partial charge in [-0.3, -0.25) is 33.7 Å². The molecule has 0 bridgehead atoms. The average molecular weight is 670 g/mol. The number of carboxylic acid groups (broad SMARTS) is 1. The summed E-state index contributed by atoms with van der Waals surface area (Å²) >= 11 is 6.72. The Kier molecular flexibility index (Phi) is 11.4. The number of halogens is 1. The Morgan fingerprint density at radius 2 is 1.83 bits per heavy atom. The molecule has 0 spiro atoms. The van der Waals surface area contributed by atoms with E-state index in [9.17, 15) is 29.1 Å². The first-order chi connectivity index (χ1) is 22.2. The van der Waals surface area contributed by atoms with Crippen LogP contribution in [0.4, 0.5) is 4.79 Å². The fourth-order valence-electron chi connectivity index (χ4n) is 6.25. The van der Waals surface area contributed by atoms with Crippen LogP contribution in [0, 0.1) is 0 Å². The average Bonchev–Trinajstić information content (AvgIpc) is 3.23. The molecular weight excluding hydrogens is 626 g/mol. The molecule has 0 aliphatic carbocycles. The summed E-state index contributed by atoms with van der Waals surface area (Å²) in [7, 11) is 1.69. The molecule has 4 rings (SSSR count). The Hall–Kier alpha value is -4.32. The number of nitrogens with two attached hydrogens (primary N) is 1. The number of hydrogen-bond acceptors (Lipinski definition) is 6. The topological polar surface area (TPSA) is 166 Å². The molecule has 4 amide bonds. The summed E-state index contributed by atoms with van der Waals surface area (Å²) < 4.78 is 9.06. The number of amides is 4. The molecule has 1 saturated heterocycles. The Morgan fingerprint density at radius 3 is 2.49 bits per heavy atom. The van der Waals surface area contributed by atoms with Gasteiger partial charge in [0, 0.05) is 25.4 Å². The van der Waals surface area contributed by atoms with Gasteiger partial charge in [0.1, 0.15) is 18.4 Å². The van der Waals surface area contributed by atoms with Gasteiger partial charge >= 0.3 is 11.8 Å². The minimum Gasteiger partial charge on any atom is -0.490 e. The Morgan fingerprint density at radius 1 is 1.11 bits per heavy atom. The van der Waals surface area contributed by atoms with Crippen LogP contribution in [-0.2, 0) is 34.3 Å². The van der Waals surface area contributed by atoms with Crippen LogP contribution in [0.2, 0.25) is 5.02 Å². The quantitative estimate of drug-likeness (QED) is 0.165. The van der Waals surface area contributed by atoms with E-state index in [-0.39, 0.29) is 37.5 Å². The van der Waals surface area contributed by atoms with Crippen LogP contribution in [-0.4, -0.2) is 61.1 Å². The largest absolute Gasteiger partial charge is 0.490 e. The third-order valence-electron chi connectivity index (χ3n) is 8.58. The van der Waals surface area contributed by atoms with Crippen LogP contribution >= 0.6 is 11.6 Å². The number of imide groups is 1. The van der Waals surface area contributed by atoms with Crippen molar-refractivity contribution >= 4 is 46.4 Å². The molecule has 1 aliphatic rings. The number of aryl methyl sites for hydroxylation is 3. The van der Waals surface area contributed by atoms with Crippen molar-refractivity contribution < 1.29 is 29.0 Å². The molecule has 2 aromatic carbocycles. The second-order valence-electron chi connectivity index (χ2n) is 13.1. The Bertz CT molecular complexity index is 1710. The second kappa shape index (κ2) is 15.1. The third-order valence-corrected chi connectivity index (χ3v) is 9.01. The number of carbonyl (C=O) groups excluding carboxylic acids is 3. The van der Waals surface area contributed by atoms with Crippen molar-refractivity contribution in [3.8, 4) is 5.75 Å². The molecular formula is C34H44ClN5O7. The number of hydrogen-bond donors (Lipinski definition) is 3. The summed E-state index contributed by atoms with van der Waals surface area (Å²) in [6.07, 6.45) is 3.92. The van der Waals surface area contributed by atoms with Gasteiger partial charge in [0.15, 0.2) is 0 Å². The molecule has 1 aromatic heterocycles. The van der Waals surface area contributed by atoms with E-state index < -0.39 is 35.5 Å². The summed E-state index contributed by atoms with van der Waals surface area (Å²) in [5, 5.41) is 12.7.